The van der Waals surface area contributed by atoms with Gasteiger partial charge in [0.1, 0.15) is 22.9 Å². The van der Waals surface area contributed by atoms with E-state index in [1.54, 1.807) is 48.5 Å². The van der Waals surface area contributed by atoms with Gasteiger partial charge in [0.05, 0.1) is 12.2 Å². The molecule has 192 valence electrons. The number of nitrogens with one attached hydrogen (secondary N) is 2. The molecule has 4 rings (SSSR count). The number of benzene rings is 2. The molecular weight excluding hydrogens is 469 g/mol. The van der Waals surface area contributed by atoms with E-state index in [2.05, 4.69) is 20.6 Å². The number of ether oxygens (including phenoxy) is 2. The molecule has 0 saturated heterocycles. The topological polar surface area (TPSA) is 68.3 Å². The fourth-order valence-corrected chi connectivity index (χ4v) is 3.94. The average molecular weight is 501 g/mol. The zero-order valence-corrected chi connectivity index (χ0v) is 20.4. The molecule has 1 atom stereocenters. The molecule has 1 saturated carbocycles. The SMILES string of the molecule is CCC(C)Oc1ccc(Nc2ncc(C(F)(F)F)c(Nc3ccc(OC4CCCCC4)cc3)n2)cc1. The van der Waals surface area contributed by atoms with E-state index in [1.807, 2.05) is 13.8 Å². The van der Waals surface area contributed by atoms with Crippen LogP contribution in [0.2, 0.25) is 0 Å². The van der Waals surface area contributed by atoms with Gasteiger partial charge >= 0.3 is 6.18 Å². The van der Waals surface area contributed by atoms with Crippen LogP contribution in [0.3, 0.4) is 0 Å². The van der Waals surface area contributed by atoms with E-state index in [9.17, 15) is 13.2 Å². The maximum atomic E-state index is 13.6. The Bertz CT molecular complexity index is 1120. The summed E-state index contributed by atoms with van der Waals surface area (Å²) in [7, 11) is 0. The second-order valence-corrected chi connectivity index (χ2v) is 8.97. The molecule has 1 fully saturated rings. The van der Waals surface area contributed by atoms with Gasteiger partial charge in [-0.2, -0.15) is 18.2 Å². The van der Waals surface area contributed by atoms with E-state index in [4.69, 9.17) is 9.47 Å². The Hall–Kier alpha value is -3.49. The standard InChI is InChI=1S/C27H31F3N4O2/c1-3-18(2)35-22-13-11-20(12-14-22)33-26-31-17-24(27(28,29)30)25(34-26)32-19-9-15-23(16-10-19)36-21-7-5-4-6-8-21/h9-18,21H,3-8H2,1-2H3,(H2,31,32,33,34). The highest BCUT2D eigenvalue weighted by molar-refractivity contribution is 5.63. The van der Waals surface area contributed by atoms with Crippen molar-refractivity contribution >= 4 is 23.1 Å². The Kier molecular flexibility index (Phi) is 8.18. The van der Waals surface area contributed by atoms with E-state index in [0.717, 1.165) is 38.3 Å². The van der Waals surface area contributed by atoms with Gasteiger partial charge in [-0.15, -0.1) is 0 Å². The van der Waals surface area contributed by atoms with Gasteiger partial charge in [-0.25, -0.2) is 4.98 Å². The zero-order chi connectivity index (χ0) is 25.5. The summed E-state index contributed by atoms with van der Waals surface area (Å²) in [5, 5.41) is 5.74. The van der Waals surface area contributed by atoms with E-state index < -0.39 is 11.7 Å². The lowest BCUT2D eigenvalue weighted by molar-refractivity contribution is -0.137. The molecule has 0 radical (unpaired) electrons. The first-order valence-electron chi connectivity index (χ1n) is 12.3. The first kappa shape index (κ1) is 25.6. The molecule has 2 N–H and O–H groups in total. The lowest BCUT2D eigenvalue weighted by Gasteiger charge is -2.23. The van der Waals surface area contributed by atoms with Gasteiger partial charge in [0.15, 0.2) is 0 Å². The minimum atomic E-state index is -4.61. The van der Waals surface area contributed by atoms with Gasteiger partial charge in [0.25, 0.3) is 0 Å². The lowest BCUT2D eigenvalue weighted by atomic mass is 9.98. The Morgan fingerprint density at radius 3 is 2.14 bits per heavy atom. The molecule has 0 aliphatic heterocycles. The molecule has 1 aliphatic rings. The monoisotopic (exact) mass is 500 g/mol. The van der Waals surface area contributed by atoms with Gasteiger partial charge in [-0.05, 0) is 87.6 Å². The summed E-state index contributed by atoms with van der Waals surface area (Å²) in [5.41, 5.74) is 0.141. The van der Waals surface area contributed by atoms with Crippen molar-refractivity contribution in [2.45, 2.75) is 70.8 Å². The summed E-state index contributed by atoms with van der Waals surface area (Å²) in [4.78, 5) is 7.99. The summed E-state index contributed by atoms with van der Waals surface area (Å²) < 4.78 is 52.7. The number of aromatic nitrogens is 2. The number of rotatable bonds is 9. The minimum absolute atomic E-state index is 0.0401. The average Bonchev–Trinajstić information content (AvgIpc) is 2.86. The first-order valence-corrected chi connectivity index (χ1v) is 12.3. The largest absolute Gasteiger partial charge is 0.491 e. The van der Waals surface area contributed by atoms with Crippen molar-refractivity contribution in [1.29, 1.82) is 0 Å². The lowest BCUT2D eigenvalue weighted by Crippen LogP contribution is -2.19. The van der Waals surface area contributed by atoms with Gasteiger partial charge < -0.3 is 20.1 Å². The van der Waals surface area contributed by atoms with Crippen molar-refractivity contribution in [3.8, 4) is 11.5 Å². The van der Waals surface area contributed by atoms with Crippen LogP contribution in [0.4, 0.5) is 36.3 Å². The number of hydrogen-bond acceptors (Lipinski definition) is 6. The smallest absolute Gasteiger partial charge is 0.421 e. The third kappa shape index (κ3) is 7.02. The van der Waals surface area contributed by atoms with E-state index >= 15 is 0 Å². The molecule has 36 heavy (non-hydrogen) atoms. The number of hydrogen-bond donors (Lipinski definition) is 2. The van der Waals surface area contributed by atoms with Gasteiger partial charge in [0, 0.05) is 17.6 Å². The van der Waals surface area contributed by atoms with E-state index in [1.165, 1.54) is 6.42 Å². The molecule has 1 heterocycles. The van der Waals surface area contributed by atoms with Crippen LogP contribution in [0, 0.1) is 0 Å². The van der Waals surface area contributed by atoms with Crippen LogP contribution in [0.1, 0.15) is 57.9 Å². The van der Waals surface area contributed by atoms with E-state index in [-0.39, 0.29) is 24.0 Å². The van der Waals surface area contributed by atoms with Crippen LogP contribution in [-0.4, -0.2) is 22.2 Å². The molecule has 3 aromatic rings. The molecule has 0 bridgehead atoms. The second kappa shape index (κ2) is 11.5. The highest BCUT2D eigenvalue weighted by atomic mass is 19.4. The quantitative estimate of drug-likeness (QED) is 0.312. The van der Waals surface area contributed by atoms with Crippen molar-refractivity contribution in [2.24, 2.45) is 0 Å². The number of alkyl halides is 3. The van der Waals surface area contributed by atoms with Crippen molar-refractivity contribution in [3.63, 3.8) is 0 Å². The van der Waals surface area contributed by atoms with Crippen LogP contribution in [0.15, 0.2) is 54.7 Å². The summed E-state index contributed by atoms with van der Waals surface area (Å²) in [6, 6.07) is 14.0. The third-order valence-corrected chi connectivity index (χ3v) is 6.09. The molecule has 1 aromatic heterocycles. The van der Waals surface area contributed by atoms with Crippen molar-refractivity contribution < 1.29 is 22.6 Å². The minimum Gasteiger partial charge on any atom is -0.491 e. The maximum Gasteiger partial charge on any atom is 0.421 e. The molecular formula is C27H31F3N4O2. The Morgan fingerprint density at radius 2 is 1.53 bits per heavy atom. The third-order valence-electron chi connectivity index (χ3n) is 6.09. The molecule has 1 aliphatic carbocycles. The van der Waals surface area contributed by atoms with Crippen LogP contribution < -0.4 is 20.1 Å². The molecule has 1 unspecified atom stereocenters. The fraction of sp³-hybridized carbons (Fsp3) is 0.407. The van der Waals surface area contributed by atoms with Crippen molar-refractivity contribution in [3.05, 3.63) is 60.3 Å². The van der Waals surface area contributed by atoms with Crippen LogP contribution in [0.5, 0.6) is 11.5 Å². The van der Waals surface area contributed by atoms with E-state index in [0.29, 0.717) is 22.9 Å². The molecule has 9 heteroatoms. The Balaban J connectivity index is 1.47. The molecule has 0 amide bonds. The highest BCUT2D eigenvalue weighted by Gasteiger charge is 2.35. The normalized spacial score (nSPS) is 15.2. The number of halogens is 3. The van der Waals surface area contributed by atoms with Crippen molar-refractivity contribution in [1.82, 2.24) is 9.97 Å². The Labute approximate surface area is 209 Å². The van der Waals surface area contributed by atoms with Gasteiger partial charge in [0.2, 0.25) is 5.95 Å². The molecule has 6 nitrogen and oxygen atoms in total. The van der Waals surface area contributed by atoms with Crippen LogP contribution >= 0.6 is 0 Å². The summed E-state index contributed by atoms with van der Waals surface area (Å²) in [5.74, 6) is 1.12. The van der Waals surface area contributed by atoms with Gasteiger partial charge in [-0.3, -0.25) is 0 Å². The first-order chi connectivity index (χ1) is 17.3. The second-order valence-electron chi connectivity index (χ2n) is 8.97. The summed E-state index contributed by atoms with van der Waals surface area (Å²) >= 11 is 0. The van der Waals surface area contributed by atoms with Crippen LogP contribution in [-0.2, 0) is 6.18 Å². The molecule has 2 aromatic carbocycles. The number of nitrogens with zero attached hydrogens (tertiary/aromatic N) is 2. The predicted octanol–water partition coefficient (Wildman–Crippen LogP) is 7.87. The van der Waals surface area contributed by atoms with Crippen LogP contribution in [0.25, 0.3) is 0 Å². The van der Waals surface area contributed by atoms with Gasteiger partial charge in [-0.1, -0.05) is 13.3 Å². The predicted molar refractivity (Wildman–Crippen MR) is 134 cm³/mol. The Morgan fingerprint density at radius 1 is 0.917 bits per heavy atom. The number of anilines is 4. The summed E-state index contributed by atoms with van der Waals surface area (Å²) in [6.45, 7) is 4.02. The fourth-order valence-electron chi connectivity index (χ4n) is 3.94. The van der Waals surface area contributed by atoms with Crippen molar-refractivity contribution in [2.75, 3.05) is 10.6 Å². The maximum absolute atomic E-state index is 13.6. The highest BCUT2D eigenvalue weighted by Crippen LogP contribution is 2.36. The molecule has 0 spiro atoms. The zero-order valence-electron chi connectivity index (χ0n) is 20.4. The summed E-state index contributed by atoms with van der Waals surface area (Å²) in [6.07, 6.45) is 2.93.